The van der Waals surface area contributed by atoms with Gasteiger partial charge in [-0.1, -0.05) is 12.1 Å². The van der Waals surface area contributed by atoms with Crippen molar-refractivity contribution in [1.82, 2.24) is 5.32 Å². The number of methoxy groups -OCH3 is 2. The molecule has 0 radical (unpaired) electrons. The minimum atomic E-state index is 0.688. The van der Waals surface area contributed by atoms with E-state index in [0.717, 1.165) is 22.8 Å². The monoisotopic (exact) mass is 247 g/mol. The molecular formula is C14H17NO3. The summed E-state index contributed by atoms with van der Waals surface area (Å²) in [7, 11) is 3.28. The van der Waals surface area contributed by atoms with Gasteiger partial charge in [-0.15, -0.1) is 0 Å². The number of rotatable bonds is 6. The molecule has 1 aromatic carbocycles. The molecule has 0 amide bonds. The molecule has 0 aliphatic heterocycles. The van der Waals surface area contributed by atoms with Gasteiger partial charge < -0.3 is 19.2 Å². The second kappa shape index (κ2) is 6.12. The average Bonchev–Trinajstić information content (AvgIpc) is 2.91. The van der Waals surface area contributed by atoms with E-state index in [1.807, 2.05) is 30.3 Å². The van der Waals surface area contributed by atoms with Gasteiger partial charge in [0, 0.05) is 12.1 Å². The summed E-state index contributed by atoms with van der Waals surface area (Å²) in [5.74, 6) is 2.43. The van der Waals surface area contributed by atoms with E-state index in [0.29, 0.717) is 13.1 Å². The van der Waals surface area contributed by atoms with Crippen molar-refractivity contribution in [2.75, 3.05) is 14.2 Å². The number of hydrogen-bond acceptors (Lipinski definition) is 4. The molecule has 2 rings (SSSR count). The standard InChI is InChI=1S/C14H17NO3/c1-16-13-7-3-5-11(14(13)17-2)9-15-10-12-6-4-8-18-12/h3-8,15H,9-10H2,1-2H3. The molecule has 0 fully saturated rings. The molecule has 1 heterocycles. The molecule has 18 heavy (non-hydrogen) atoms. The van der Waals surface area contributed by atoms with Crippen LogP contribution in [0.5, 0.6) is 11.5 Å². The van der Waals surface area contributed by atoms with Crippen molar-refractivity contribution in [2.24, 2.45) is 0 Å². The van der Waals surface area contributed by atoms with Gasteiger partial charge >= 0.3 is 0 Å². The lowest BCUT2D eigenvalue weighted by atomic mass is 10.2. The van der Waals surface area contributed by atoms with Crippen LogP contribution in [0.25, 0.3) is 0 Å². The van der Waals surface area contributed by atoms with Crippen LogP contribution in [-0.4, -0.2) is 14.2 Å². The highest BCUT2D eigenvalue weighted by Crippen LogP contribution is 2.30. The fourth-order valence-corrected chi connectivity index (χ4v) is 1.83. The highest BCUT2D eigenvalue weighted by Gasteiger charge is 2.08. The molecule has 4 nitrogen and oxygen atoms in total. The largest absolute Gasteiger partial charge is 0.493 e. The van der Waals surface area contributed by atoms with E-state index >= 15 is 0 Å². The van der Waals surface area contributed by atoms with Gasteiger partial charge in [0.1, 0.15) is 5.76 Å². The molecule has 1 aromatic heterocycles. The second-order valence-corrected chi connectivity index (χ2v) is 3.84. The van der Waals surface area contributed by atoms with Crippen molar-refractivity contribution in [1.29, 1.82) is 0 Å². The zero-order valence-corrected chi connectivity index (χ0v) is 10.6. The summed E-state index contributed by atoms with van der Waals surface area (Å²) >= 11 is 0. The van der Waals surface area contributed by atoms with Crippen LogP contribution >= 0.6 is 0 Å². The van der Waals surface area contributed by atoms with E-state index < -0.39 is 0 Å². The van der Waals surface area contributed by atoms with Gasteiger partial charge in [-0.3, -0.25) is 0 Å². The third-order valence-electron chi connectivity index (χ3n) is 2.68. The molecule has 96 valence electrons. The lowest BCUT2D eigenvalue weighted by molar-refractivity contribution is 0.350. The molecule has 0 atom stereocenters. The summed E-state index contributed by atoms with van der Waals surface area (Å²) < 4.78 is 15.9. The smallest absolute Gasteiger partial charge is 0.165 e. The molecule has 0 saturated carbocycles. The Bertz CT molecular complexity index is 480. The normalized spacial score (nSPS) is 10.3. The third-order valence-corrected chi connectivity index (χ3v) is 2.68. The van der Waals surface area contributed by atoms with Crippen molar-refractivity contribution in [3.63, 3.8) is 0 Å². The second-order valence-electron chi connectivity index (χ2n) is 3.84. The summed E-state index contributed by atoms with van der Waals surface area (Å²) in [5.41, 5.74) is 1.06. The third kappa shape index (κ3) is 2.84. The van der Waals surface area contributed by atoms with Crippen molar-refractivity contribution in [2.45, 2.75) is 13.1 Å². The maximum absolute atomic E-state index is 5.37. The van der Waals surface area contributed by atoms with E-state index in [9.17, 15) is 0 Å². The fourth-order valence-electron chi connectivity index (χ4n) is 1.83. The number of benzene rings is 1. The van der Waals surface area contributed by atoms with Crippen molar-refractivity contribution in [3.05, 3.63) is 47.9 Å². The zero-order chi connectivity index (χ0) is 12.8. The van der Waals surface area contributed by atoms with Crippen LogP contribution < -0.4 is 14.8 Å². The fraction of sp³-hybridized carbons (Fsp3) is 0.286. The highest BCUT2D eigenvalue weighted by atomic mass is 16.5. The maximum Gasteiger partial charge on any atom is 0.165 e. The van der Waals surface area contributed by atoms with Gasteiger partial charge in [-0.25, -0.2) is 0 Å². The van der Waals surface area contributed by atoms with Gasteiger partial charge in [-0.05, 0) is 18.2 Å². The Labute approximate surface area is 107 Å². The summed E-state index contributed by atoms with van der Waals surface area (Å²) in [6.45, 7) is 1.38. The number of nitrogens with one attached hydrogen (secondary N) is 1. The molecule has 0 unspecified atom stereocenters. The molecule has 0 bridgehead atoms. The predicted octanol–water partition coefficient (Wildman–Crippen LogP) is 2.59. The molecule has 2 aromatic rings. The van der Waals surface area contributed by atoms with Gasteiger partial charge in [0.2, 0.25) is 0 Å². The Kier molecular flexibility index (Phi) is 4.25. The van der Waals surface area contributed by atoms with Crippen LogP contribution in [0.2, 0.25) is 0 Å². The summed E-state index contributed by atoms with van der Waals surface area (Å²) in [5, 5.41) is 3.30. The Morgan fingerprint density at radius 1 is 1.06 bits per heavy atom. The SMILES string of the molecule is COc1cccc(CNCc2ccco2)c1OC. The average molecular weight is 247 g/mol. The van der Waals surface area contributed by atoms with Crippen LogP contribution in [-0.2, 0) is 13.1 Å². The Morgan fingerprint density at radius 3 is 2.61 bits per heavy atom. The first-order valence-electron chi connectivity index (χ1n) is 5.78. The Morgan fingerprint density at radius 2 is 1.94 bits per heavy atom. The first kappa shape index (κ1) is 12.5. The van der Waals surface area contributed by atoms with E-state index in [2.05, 4.69) is 5.32 Å². The van der Waals surface area contributed by atoms with Gasteiger partial charge in [0.25, 0.3) is 0 Å². The highest BCUT2D eigenvalue weighted by molar-refractivity contribution is 5.46. The number of hydrogen-bond donors (Lipinski definition) is 1. The van der Waals surface area contributed by atoms with Crippen LogP contribution in [0.1, 0.15) is 11.3 Å². The Hall–Kier alpha value is -1.94. The molecule has 0 aliphatic rings. The first-order chi connectivity index (χ1) is 8.85. The van der Waals surface area contributed by atoms with Crippen molar-refractivity contribution >= 4 is 0 Å². The minimum Gasteiger partial charge on any atom is -0.493 e. The van der Waals surface area contributed by atoms with E-state index in [4.69, 9.17) is 13.9 Å². The summed E-state index contributed by atoms with van der Waals surface area (Å²) in [6.07, 6.45) is 1.67. The number of ether oxygens (including phenoxy) is 2. The van der Waals surface area contributed by atoms with Gasteiger partial charge in [0.05, 0.1) is 27.0 Å². The van der Waals surface area contributed by atoms with E-state index in [-0.39, 0.29) is 0 Å². The van der Waals surface area contributed by atoms with Crippen molar-refractivity contribution < 1.29 is 13.9 Å². The Balaban J connectivity index is 2.00. The maximum atomic E-state index is 5.37. The first-order valence-corrected chi connectivity index (χ1v) is 5.78. The van der Waals surface area contributed by atoms with Crippen LogP contribution in [0.15, 0.2) is 41.0 Å². The topological polar surface area (TPSA) is 43.6 Å². The van der Waals surface area contributed by atoms with Gasteiger partial charge in [0.15, 0.2) is 11.5 Å². The lowest BCUT2D eigenvalue weighted by Gasteiger charge is -2.12. The number of para-hydroxylation sites is 1. The minimum absolute atomic E-state index is 0.688. The zero-order valence-electron chi connectivity index (χ0n) is 10.6. The molecule has 0 aliphatic carbocycles. The number of furan rings is 1. The molecule has 0 saturated heterocycles. The van der Waals surface area contributed by atoms with E-state index in [1.165, 1.54) is 0 Å². The molecule has 1 N–H and O–H groups in total. The summed E-state index contributed by atoms with van der Waals surface area (Å²) in [4.78, 5) is 0. The van der Waals surface area contributed by atoms with Crippen molar-refractivity contribution in [3.8, 4) is 11.5 Å². The van der Waals surface area contributed by atoms with Crippen LogP contribution in [0.4, 0.5) is 0 Å². The van der Waals surface area contributed by atoms with E-state index in [1.54, 1.807) is 20.5 Å². The molecule has 0 spiro atoms. The predicted molar refractivity (Wildman–Crippen MR) is 68.8 cm³/mol. The quantitative estimate of drug-likeness (QED) is 0.852. The van der Waals surface area contributed by atoms with Gasteiger partial charge in [-0.2, -0.15) is 0 Å². The van der Waals surface area contributed by atoms with Crippen LogP contribution in [0.3, 0.4) is 0 Å². The lowest BCUT2D eigenvalue weighted by Crippen LogP contribution is -2.13. The molecule has 4 heteroatoms. The summed E-state index contributed by atoms with van der Waals surface area (Å²) in [6, 6.07) is 9.66. The van der Waals surface area contributed by atoms with Crippen LogP contribution in [0, 0.1) is 0 Å². The molecular weight excluding hydrogens is 230 g/mol.